The number of sulfonamides is 1. The maximum atomic E-state index is 12.7. The molecule has 112 valence electrons. The Hall–Kier alpha value is -0.270. The van der Waals surface area contributed by atoms with Crippen molar-refractivity contribution in [3.8, 4) is 0 Å². The van der Waals surface area contributed by atoms with Crippen molar-refractivity contribution in [1.82, 2.24) is 4.31 Å². The Morgan fingerprint density at radius 3 is 2.75 bits per heavy atom. The first-order valence-electron chi connectivity index (χ1n) is 6.39. The number of thioether (sulfide) groups is 1. The van der Waals surface area contributed by atoms with E-state index in [9.17, 15) is 8.42 Å². The summed E-state index contributed by atoms with van der Waals surface area (Å²) in [4.78, 5) is 0.269. The average molecular weight is 335 g/mol. The molecule has 2 N–H and O–H groups in total. The molecule has 0 atom stereocenters. The lowest BCUT2D eigenvalue weighted by molar-refractivity contribution is 0.387. The highest BCUT2D eigenvalue weighted by Gasteiger charge is 2.34. The van der Waals surface area contributed by atoms with E-state index < -0.39 is 10.0 Å². The molecule has 1 aromatic carbocycles. The van der Waals surface area contributed by atoms with Gasteiger partial charge in [0.25, 0.3) is 0 Å². The lowest BCUT2D eigenvalue weighted by Crippen LogP contribution is -2.46. The fourth-order valence-corrected chi connectivity index (χ4v) is 5.35. The van der Waals surface area contributed by atoms with Crippen LogP contribution in [0.15, 0.2) is 23.1 Å². The van der Waals surface area contributed by atoms with Crippen molar-refractivity contribution in [1.29, 1.82) is 0 Å². The van der Waals surface area contributed by atoms with Crippen LogP contribution in [0.4, 0.5) is 0 Å². The largest absolute Gasteiger partial charge is 0.326 e. The monoisotopic (exact) mass is 334 g/mol. The van der Waals surface area contributed by atoms with Gasteiger partial charge in [0.05, 0.1) is 4.90 Å². The van der Waals surface area contributed by atoms with Crippen molar-refractivity contribution in [3.63, 3.8) is 0 Å². The van der Waals surface area contributed by atoms with Gasteiger partial charge in [-0.2, -0.15) is 16.1 Å². The lowest BCUT2D eigenvalue weighted by atomic mass is 10.2. The molecule has 0 aliphatic carbocycles. The number of hydrogen-bond donors (Lipinski definition) is 1. The van der Waals surface area contributed by atoms with E-state index in [0.717, 1.165) is 5.75 Å². The molecule has 0 radical (unpaired) electrons. The Bertz CT molecular complexity index is 602. The maximum absolute atomic E-state index is 12.7. The van der Waals surface area contributed by atoms with E-state index >= 15 is 0 Å². The predicted octanol–water partition coefficient (Wildman–Crippen LogP) is 2.31. The molecule has 0 amide bonds. The topological polar surface area (TPSA) is 63.4 Å². The van der Waals surface area contributed by atoms with Crippen LogP contribution in [0.25, 0.3) is 0 Å². The summed E-state index contributed by atoms with van der Waals surface area (Å²) in [6, 6.07) is 4.72. The van der Waals surface area contributed by atoms with Gasteiger partial charge in [-0.05, 0) is 37.6 Å². The summed E-state index contributed by atoms with van der Waals surface area (Å²) in [5.74, 6) is 0.809. The van der Waals surface area contributed by atoms with Crippen LogP contribution in [0.1, 0.15) is 19.4 Å². The minimum absolute atomic E-state index is 0.0611. The predicted molar refractivity (Wildman–Crippen MR) is 84.6 cm³/mol. The summed E-state index contributed by atoms with van der Waals surface area (Å²) in [5.41, 5.74) is 6.24. The van der Waals surface area contributed by atoms with Gasteiger partial charge in [0, 0.05) is 35.2 Å². The second kappa shape index (κ2) is 5.85. The fourth-order valence-electron chi connectivity index (χ4n) is 2.20. The Kier molecular flexibility index (Phi) is 4.71. The highest BCUT2D eigenvalue weighted by atomic mass is 35.5. The zero-order valence-corrected chi connectivity index (χ0v) is 14.0. The number of nitrogens with zero attached hydrogens (tertiary/aromatic N) is 1. The van der Waals surface area contributed by atoms with Crippen LogP contribution >= 0.6 is 23.4 Å². The SMILES string of the molecule is CC1(C)CN(S(=O)(=O)c2ccc(Cl)c(CN)c2)CCS1. The van der Waals surface area contributed by atoms with E-state index in [2.05, 4.69) is 13.8 Å². The van der Waals surface area contributed by atoms with Crippen LogP contribution in [0.3, 0.4) is 0 Å². The summed E-state index contributed by atoms with van der Waals surface area (Å²) in [5, 5.41) is 0.501. The van der Waals surface area contributed by atoms with Gasteiger partial charge >= 0.3 is 0 Å². The lowest BCUT2D eigenvalue weighted by Gasteiger charge is -2.36. The van der Waals surface area contributed by atoms with Gasteiger partial charge < -0.3 is 5.73 Å². The third-order valence-electron chi connectivity index (χ3n) is 3.27. The van der Waals surface area contributed by atoms with Gasteiger partial charge in [0.1, 0.15) is 0 Å². The Labute approximate surface area is 129 Å². The fraction of sp³-hybridized carbons (Fsp3) is 0.538. The van der Waals surface area contributed by atoms with Crippen LogP contribution in [-0.4, -0.2) is 36.3 Å². The molecule has 1 saturated heterocycles. The highest BCUT2D eigenvalue weighted by molar-refractivity contribution is 8.00. The standard InChI is InChI=1S/C13H19ClN2O2S2/c1-13(2)9-16(5-6-19-13)20(17,18)11-3-4-12(14)10(7-11)8-15/h3-4,7H,5-6,8-9,15H2,1-2H3. The van der Waals surface area contributed by atoms with Crippen molar-refractivity contribution in [3.05, 3.63) is 28.8 Å². The summed E-state index contributed by atoms with van der Waals surface area (Å²) < 4.78 is 26.9. The van der Waals surface area contributed by atoms with Crippen LogP contribution in [-0.2, 0) is 16.6 Å². The summed E-state index contributed by atoms with van der Waals surface area (Å²) in [6.45, 7) is 5.40. The van der Waals surface area contributed by atoms with Gasteiger partial charge in [0.15, 0.2) is 0 Å². The van der Waals surface area contributed by atoms with Gasteiger partial charge in [0.2, 0.25) is 10.0 Å². The average Bonchev–Trinajstić information content (AvgIpc) is 2.37. The number of benzene rings is 1. The van der Waals surface area contributed by atoms with Crippen LogP contribution < -0.4 is 5.73 Å². The minimum atomic E-state index is -3.48. The zero-order chi connectivity index (χ0) is 15.0. The van der Waals surface area contributed by atoms with Crippen LogP contribution in [0, 0.1) is 0 Å². The summed E-state index contributed by atoms with van der Waals surface area (Å²) in [6.07, 6.45) is 0. The minimum Gasteiger partial charge on any atom is -0.326 e. The molecule has 1 aliphatic heterocycles. The number of halogens is 1. The van der Waals surface area contributed by atoms with Crippen molar-refractivity contribution >= 4 is 33.4 Å². The quantitative estimate of drug-likeness (QED) is 0.921. The molecule has 0 saturated carbocycles. The van der Waals surface area contributed by atoms with Crippen molar-refractivity contribution < 1.29 is 8.42 Å². The Morgan fingerprint density at radius 1 is 1.45 bits per heavy atom. The van der Waals surface area contributed by atoms with Crippen LogP contribution in [0.2, 0.25) is 5.02 Å². The van der Waals surface area contributed by atoms with E-state index in [0.29, 0.717) is 23.7 Å². The molecule has 0 unspecified atom stereocenters. The summed E-state index contributed by atoms with van der Waals surface area (Å²) in [7, 11) is -3.48. The molecule has 2 rings (SSSR count). The van der Waals surface area contributed by atoms with Gasteiger partial charge in [-0.3, -0.25) is 0 Å². The third kappa shape index (κ3) is 3.31. The van der Waals surface area contributed by atoms with Crippen LogP contribution in [0.5, 0.6) is 0 Å². The molecule has 4 nitrogen and oxygen atoms in total. The molecular weight excluding hydrogens is 316 g/mol. The first kappa shape index (κ1) is 16.1. The molecule has 0 spiro atoms. The zero-order valence-electron chi connectivity index (χ0n) is 11.6. The molecule has 0 aromatic heterocycles. The van der Waals surface area contributed by atoms with E-state index in [1.807, 2.05) is 0 Å². The van der Waals surface area contributed by atoms with Gasteiger partial charge in [-0.1, -0.05) is 11.6 Å². The first-order valence-corrected chi connectivity index (χ1v) is 9.19. The number of nitrogens with two attached hydrogens (primary N) is 1. The van der Waals surface area contributed by atoms with Gasteiger partial charge in [-0.25, -0.2) is 8.42 Å². The molecule has 20 heavy (non-hydrogen) atoms. The van der Waals surface area contributed by atoms with Crippen molar-refractivity contribution in [2.45, 2.75) is 30.0 Å². The number of rotatable bonds is 3. The second-order valence-electron chi connectivity index (χ2n) is 5.40. The molecule has 0 bridgehead atoms. The maximum Gasteiger partial charge on any atom is 0.243 e. The van der Waals surface area contributed by atoms with Crippen molar-refractivity contribution in [2.24, 2.45) is 5.73 Å². The van der Waals surface area contributed by atoms with E-state index in [-0.39, 0.29) is 16.2 Å². The first-order chi connectivity index (χ1) is 9.26. The van der Waals surface area contributed by atoms with E-state index in [4.69, 9.17) is 17.3 Å². The van der Waals surface area contributed by atoms with E-state index in [1.54, 1.807) is 34.3 Å². The Morgan fingerprint density at radius 2 is 2.15 bits per heavy atom. The smallest absolute Gasteiger partial charge is 0.243 e. The molecule has 1 heterocycles. The highest BCUT2D eigenvalue weighted by Crippen LogP contribution is 2.33. The number of hydrogen-bond acceptors (Lipinski definition) is 4. The van der Waals surface area contributed by atoms with Gasteiger partial charge in [-0.15, -0.1) is 0 Å². The van der Waals surface area contributed by atoms with Crippen molar-refractivity contribution in [2.75, 3.05) is 18.8 Å². The molecular formula is C13H19ClN2O2S2. The molecule has 1 fully saturated rings. The Balaban J connectivity index is 2.35. The third-order valence-corrected chi connectivity index (χ3v) is 6.77. The molecule has 1 aliphatic rings. The molecule has 1 aromatic rings. The summed E-state index contributed by atoms with van der Waals surface area (Å²) >= 11 is 7.78. The second-order valence-corrected chi connectivity index (χ2v) is 9.55. The molecule has 7 heteroatoms. The van der Waals surface area contributed by atoms with E-state index in [1.165, 1.54) is 0 Å². The normalized spacial score (nSPS) is 20.0.